The van der Waals surface area contributed by atoms with Crippen molar-refractivity contribution in [3.8, 4) is 11.4 Å². The highest BCUT2D eigenvalue weighted by atomic mass is 16.5. The SMILES string of the molecule is CCOc1ccc(-n2nnc(CO)c2C(C)(C)C)cc1. The maximum Gasteiger partial charge on any atom is 0.119 e. The van der Waals surface area contributed by atoms with Crippen LogP contribution in [0.15, 0.2) is 24.3 Å². The van der Waals surface area contributed by atoms with Crippen molar-refractivity contribution < 1.29 is 9.84 Å². The summed E-state index contributed by atoms with van der Waals surface area (Å²) in [6.07, 6.45) is 0. The summed E-state index contributed by atoms with van der Waals surface area (Å²) in [7, 11) is 0. The molecule has 1 heterocycles. The van der Waals surface area contributed by atoms with Gasteiger partial charge in [0.25, 0.3) is 0 Å². The minimum Gasteiger partial charge on any atom is -0.494 e. The van der Waals surface area contributed by atoms with Crippen molar-refractivity contribution in [3.05, 3.63) is 35.7 Å². The Morgan fingerprint density at radius 3 is 2.35 bits per heavy atom. The monoisotopic (exact) mass is 275 g/mol. The molecule has 0 bridgehead atoms. The molecule has 0 aliphatic carbocycles. The number of benzene rings is 1. The van der Waals surface area contributed by atoms with E-state index in [-0.39, 0.29) is 12.0 Å². The van der Waals surface area contributed by atoms with Crippen molar-refractivity contribution in [2.24, 2.45) is 0 Å². The fourth-order valence-corrected chi connectivity index (χ4v) is 2.20. The highest BCUT2D eigenvalue weighted by Gasteiger charge is 2.25. The molecule has 0 amide bonds. The van der Waals surface area contributed by atoms with Crippen molar-refractivity contribution in [2.45, 2.75) is 39.7 Å². The molecule has 5 heteroatoms. The number of aliphatic hydroxyl groups excluding tert-OH is 1. The zero-order valence-corrected chi connectivity index (χ0v) is 12.4. The molecular formula is C15H21N3O2. The Labute approximate surface area is 119 Å². The van der Waals surface area contributed by atoms with E-state index < -0.39 is 0 Å². The maximum atomic E-state index is 9.42. The van der Waals surface area contributed by atoms with E-state index in [0.29, 0.717) is 12.3 Å². The van der Waals surface area contributed by atoms with Gasteiger partial charge in [-0.15, -0.1) is 5.10 Å². The third kappa shape index (κ3) is 2.82. The topological polar surface area (TPSA) is 60.2 Å². The molecule has 1 N–H and O–H groups in total. The zero-order valence-electron chi connectivity index (χ0n) is 12.4. The molecule has 0 aliphatic rings. The molecule has 0 aliphatic heterocycles. The standard InChI is InChI=1S/C15H21N3O2/c1-5-20-12-8-6-11(7-9-12)18-14(15(2,3)4)13(10-19)16-17-18/h6-9,19H,5,10H2,1-4H3. The van der Waals surface area contributed by atoms with Crippen LogP contribution in [0.2, 0.25) is 0 Å². The summed E-state index contributed by atoms with van der Waals surface area (Å²) in [5.41, 5.74) is 2.29. The molecule has 108 valence electrons. The van der Waals surface area contributed by atoms with Crippen LogP contribution in [0.1, 0.15) is 39.1 Å². The largest absolute Gasteiger partial charge is 0.494 e. The molecule has 20 heavy (non-hydrogen) atoms. The highest BCUT2D eigenvalue weighted by Crippen LogP contribution is 2.27. The molecule has 2 aromatic rings. The van der Waals surface area contributed by atoms with Crippen LogP contribution in [0, 0.1) is 0 Å². The first-order valence-corrected chi connectivity index (χ1v) is 6.76. The molecule has 0 spiro atoms. The minimum atomic E-state index is -0.153. The van der Waals surface area contributed by atoms with E-state index in [9.17, 15) is 5.11 Å². The van der Waals surface area contributed by atoms with Crippen molar-refractivity contribution in [3.63, 3.8) is 0 Å². The van der Waals surface area contributed by atoms with E-state index in [1.165, 1.54) is 0 Å². The van der Waals surface area contributed by atoms with Gasteiger partial charge in [-0.05, 0) is 31.2 Å². The van der Waals surface area contributed by atoms with Gasteiger partial charge >= 0.3 is 0 Å². The van der Waals surface area contributed by atoms with Crippen molar-refractivity contribution >= 4 is 0 Å². The highest BCUT2D eigenvalue weighted by molar-refractivity contribution is 5.39. The Morgan fingerprint density at radius 2 is 1.85 bits per heavy atom. The first kappa shape index (κ1) is 14.5. The summed E-state index contributed by atoms with van der Waals surface area (Å²) < 4.78 is 7.21. The van der Waals surface area contributed by atoms with Crippen molar-refractivity contribution in [1.29, 1.82) is 0 Å². The Hall–Kier alpha value is -1.88. The van der Waals surface area contributed by atoms with Gasteiger partial charge in [-0.3, -0.25) is 0 Å². The predicted molar refractivity (Wildman–Crippen MR) is 77.2 cm³/mol. The van der Waals surface area contributed by atoms with Gasteiger partial charge in [-0.2, -0.15) is 0 Å². The van der Waals surface area contributed by atoms with E-state index in [0.717, 1.165) is 17.1 Å². The first-order chi connectivity index (χ1) is 9.47. The zero-order chi connectivity index (χ0) is 14.8. The molecule has 1 aromatic carbocycles. The number of nitrogens with zero attached hydrogens (tertiary/aromatic N) is 3. The van der Waals surface area contributed by atoms with Gasteiger partial charge < -0.3 is 9.84 Å². The van der Waals surface area contributed by atoms with E-state index in [2.05, 4.69) is 31.1 Å². The minimum absolute atomic E-state index is 0.108. The van der Waals surface area contributed by atoms with Crippen LogP contribution >= 0.6 is 0 Å². The van der Waals surface area contributed by atoms with Crippen molar-refractivity contribution in [1.82, 2.24) is 15.0 Å². The average molecular weight is 275 g/mol. The van der Waals surface area contributed by atoms with Crippen molar-refractivity contribution in [2.75, 3.05) is 6.61 Å². The molecule has 2 rings (SSSR count). The number of hydrogen-bond donors (Lipinski definition) is 1. The van der Waals surface area contributed by atoms with Gasteiger partial charge in [-0.1, -0.05) is 26.0 Å². The van der Waals surface area contributed by atoms with Crippen LogP contribution in [0.25, 0.3) is 5.69 Å². The van der Waals surface area contributed by atoms with Crippen LogP contribution in [-0.2, 0) is 12.0 Å². The Kier molecular flexibility index (Phi) is 4.09. The lowest BCUT2D eigenvalue weighted by molar-refractivity contribution is 0.273. The van der Waals surface area contributed by atoms with Gasteiger partial charge in [-0.25, -0.2) is 4.68 Å². The summed E-state index contributed by atoms with van der Waals surface area (Å²) >= 11 is 0. The molecule has 0 saturated heterocycles. The molecule has 5 nitrogen and oxygen atoms in total. The van der Waals surface area contributed by atoms with Crippen LogP contribution in [0.4, 0.5) is 0 Å². The fourth-order valence-electron chi connectivity index (χ4n) is 2.20. The van der Waals surface area contributed by atoms with Crippen LogP contribution in [-0.4, -0.2) is 26.7 Å². The molecular weight excluding hydrogens is 254 g/mol. The second kappa shape index (κ2) is 5.63. The van der Waals surface area contributed by atoms with Gasteiger partial charge in [0, 0.05) is 5.41 Å². The lowest BCUT2D eigenvalue weighted by Gasteiger charge is -2.21. The van der Waals surface area contributed by atoms with Gasteiger partial charge in [0.1, 0.15) is 11.4 Å². The summed E-state index contributed by atoms with van der Waals surface area (Å²) in [5.74, 6) is 0.830. The number of aliphatic hydroxyl groups is 1. The Morgan fingerprint density at radius 1 is 1.20 bits per heavy atom. The van der Waals surface area contributed by atoms with Crippen LogP contribution in [0.3, 0.4) is 0 Å². The second-order valence-electron chi connectivity index (χ2n) is 5.63. The van der Waals surface area contributed by atoms with Gasteiger partial charge in [0.15, 0.2) is 0 Å². The summed E-state index contributed by atoms with van der Waals surface area (Å²) in [6.45, 7) is 8.73. The van der Waals surface area contributed by atoms with E-state index in [1.54, 1.807) is 4.68 Å². The van der Waals surface area contributed by atoms with E-state index in [1.807, 2.05) is 31.2 Å². The number of aromatic nitrogens is 3. The molecule has 0 atom stereocenters. The van der Waals surface area contributed by atoms with Crippen LogP contribution < -0.4 is 4.74 Å². The third-order valence-corrected chi connectivity index (χ3v) is 2.99. The maximum absolute atomic E-state index is 9.42. The first-order valence-electron chi connectivity index (χ1n) is 6.76. The predicted octanol–water partition coefficient (Wildman–Crippen LogP) is 2.46. The summed E-state index contributed by atoms with van der Waals surface area (Å²) in [4.78, 5) is 0. The molecule has 0 fully saturated rings. The molecule has 0 unspecified atom stereocenters. The molecule has 0 radical (unpaired) electrons. The second-order valence-corrected chi connectivity index (χ2v) is 5.63. The van der Waals surface area contributed by atoms with Gasteiger partial charge in [0.2, 0.25) is 0 Å². The molecule has 1 aromatic heterocycles. The smallest absolute Gasteiger partial charge is 0.119 e. The quantitative estimate of drug-likeness (QED) is 0.931. The molecule has 0 saturated carbocycles. The average Bonchev–Trinajstić information content (AvgIpc) is 2.84. The van der Waals surface area contributed by atoms with E-state index >= 15 is 0 Å². The lowest BCUT2D eigenvalue weighted by Crippen LogP contribution is -2.19. The summed E-state index contributed by atoms with van der Waals surface area (Å²) in [6, 6.07) is 7.70. The fraction of sp³-hybridized carbons (Fsp3) is 0.467. The number of ether oxygens (including phenoxy) is 1. The lowest BCUT2D eigenvalue weighted by atomic mass is 9.90. The Balaban J connectivity index is 2.45. The summed E-state index contributed by atoms with van der Waals surface area (Å²) in [5, 5.41) is 17.7. The normalized spacial score (nSPS) is 11.7. The van der Waals surface area contributed by atoms with Crippen LogP contribution in [0.5, 0.6) is 5.75 Å². The Bertz CT molecular complexity index is 568. The third-order valence-electron chi connectivity index (χ3n) is 2.99. The number of hydrogen-bond acceptors (Lipinski definition) is 4. The van der Waals surface area contributed by atoms with Gasteiger partial charge in [0.05, 0.1) is 24.6 Å². The van der Waals surface area contributed by atoms with E-state index in [4.69, 9.17) is 4.74 Å². The number of rotatable bonds is 4.